The van der Waals surface area contributed by atoms with Crippen LogP contribution < -0.4 is 0 Å². The molecule has 1 heterocycles. The van der Waals surface area contributed by atoms with Crippen molar-refractivity contribution in [2.75, 3.05) is 13.6 Å². The summed E-state index contributed by atoms with van der Waals surface area (Å²) in [7, 11) is 3.15. The Morgan fingerprint density at radius 1 is 1.39 bits per heavy atom. The fraction of sp³-hybridized carbons (Fsp3) is 0.375. The van der Waals surface area contributed by atoms with Crippen LogP contribution in [-0.2, 0) is 7.05 Å². The van der Waals surface area contributed by atoms with Crippen LogP contribution in [0.5, 0.6) is 0 Å². The van der Waals surface area contributed by atoms with E-state index in [4.69, 9.17) is 0 Å². The molecule has 0 spiro atoms. The molecule has 7 heteroatoms. The topological polar surface area (TPSA) is 58.4 Å². The van der Waals surface area contributed by atoms with Gasteiger partial charge in [-0.25, -0.2) is 8.78 Å². The van der Waals surface area contributed by atoms with Crippen LogP contribution in [0, 0.1) is 11.6 Å². The van der Waals surface area contributed by atoms with E-state index in [0.717, 1.165) is 12.1 Å². The molecule has 1 N–H and O–H groups in total. The molecule has 0 saturated carbocycles. The van der Waals surface area contributed by atoms with Crippen LogP contribution in [0.3, 0.4) is 0 Å². The lowest BCUT2D eigenvalue weighted by molar-refractivity contribution is 0.0368. The third-order valence-corrected chi connectivity index (χ3v) is 3.22. The average molecular weight is 323 g/mol. The van der Waals surface area contributed by atoms with Crippen molar-refractivity contribution in [3.8, 4) is 11.3 Å². The fourth-order valence-corrected chi connectivity index (χ4v) is 2.38. The van der Waals surface area contributed by atoms with E-state index in [1.165, 1.54) is 28.9 Å². The average Bonchev–Trinajstić information content (AvgIpc) is 2.77. The highest BCUT2D eigenvalue weighted by Gasteiger charge is 2.25. The van der Waals surface area contributed by atoms with Crippen LogP contribution in [0.4, 0.5) is 8.78 Å². The molecule has 2 rings (SSSR count). The number of hydrogen-bond donors (Lipinski definition) is 1. The number of amides is 1. The quantitative estimate of drug-likeness (QED) is 0.938. The van der Waals surface area contributed by atoms with Crippen molar-refractivity contribution in [3.05, 3.63) is 41.6 Å². The largest absolute Gasteiger partial charge is 0.389 e. The van der Waals surface area contributed by atoms with Crippen molar-refractivity contribution in [1.29, 1.82) is 0 Å². The van der Waals surface area contributed by atoms with E-state index < -0.39 is 23.1 Å². The molecule has 1 aromatic heterocycles. The molecule has 1 amide bonds. The molecule has 0 fully saturated rings. The number of nitrogens with zero attached hydrogens (tertiary/aromatic N) is 3. The van der Waals surface area contributed by atoms with Crippen molar-refractivity contribution >= 4 is 5.91 Å². The molecular weight excluding hydrogens is 304 g/mol. The molecule has 23 heavy (non-hydrogen) atoms. The fourth-order valence-electron chi connectivity index (χ4n) is 2.38. The van der Waals surface area contributed by atoms with Gasteiger partial charge in [0.2, 0.25) is 0 Å². The van der Waals surface area contributed by atoms with Crippen LogP contribution in [-0.4, -0.2) is 44.9 Å². The Bertz CT molecular complexity index is 735. The number of likely N-dealkylation sites (N-methyl/N-ethyl adjacent to an activating group) is 1. The van der Waals surface area contributed by atoms with Gasteiger partial charge in [-0.15, -0.1) is 0 Å². The Kier molecular flexibility index (Phi) is 4.51. The number of benzene rings is 1. The van der Waals surface area contributed by atoms with Crippen molar-refractivity contribution < 1.29 is 18.7 Å². The zero-order valence-corrected chi connectivity index (χ0v) is 13.5. The van der Waals surface area contributed by atoms with Gasteiger partial charge in [-0.1, -0.05) is 0 Å². The maximum atomic E-state index is 14.0. The van der Waals surface area contributed by atoms with Gasteiger partial charge in [0.15, 0.2) is 0 Å². The molecule has 0 atom stereocenters. The number of rotatable bonds is 4. The first kappa shape index (κ1) is 17.1. The first-order valence-corrected chi connectivity index (χ1v) is 7.05. The molecule has 0 aliphatic heterocycles. The van der Waals surface area contributed by atoms with E-state index in [1.807, 2.05) is 0 Å². The molecule has 0 bridgehead atoms. The van der Waals surface area contributed by atoms with E-state index in [2.05, 4.69) is 5.10 Å². The van der Waals surface area contributed by atoms with E-state index in [0.29, 0.717) is 0 Å². The van der Waals surface area contributed by atoms with Gasteiger partial charge >= 0.3 is 0 Å². The number of aromatic nitrogens is 2. The summed E-state index contributed by atoms with van der Waals surface area (Å²) in [6.45, 7) is 3.27. The summed E-state index contributed by atoms with van der Waals surface area (Å²) < 4.78 is 28.5. The van der Waals surface area contributed by atoms with E-state index in [9.17, 15) is 18.7 Å². The maximum absolute atomic E-state index is 14.0. The second-order valence-electron chi connectivity index (χ2n) is 6.16. The van der Waals surface area contributed by atoms with Crippen molar-refractivity contribution in [2.24, 2.45) is 7.05 Å². The Morgan fingerprint density at radius 2 is 2.04 bits per heavy atom. The van der Waals surface area contributed by atoms with Crippen molar-refractivity contribution in [3.63, 3.8) is 0 Å². The monoisotopic (exact) mass is 323 g/mol. The molecule has 0 aliphatic carbocycles. The lowest BCUT2D eigenvalue weighted by Crippen LogP contribution is -2.39. The number of aryl methyl sites for hydroxylation is 1. The maximum Gasteiger partial charge on any atom is 0.257 e. The Labute approximate surface area is 133 Å². The number of halogens is 2. The predicted octanol–water partition coefficient (Wildman–Crippen LogP) is 2.21. The molecule has 2 aromatic rings. The van der Waals surface area contributed by atoms with Gasteiger partial charge in [-0.2, -0.15) is 5.10 Å². The van der Waals surface area contributed by atoms with Gasteiger partial charge < -0.3 is 10.0 Å². The van der Waals surface area contributed by atoms with Gasteiger partial charge in [0.25, 0.3) is 5.91 Å². The van der Waals surface area contributed by atoms with Gasteiger partial charge in [0.1, 0.15) is 17.3 Å². The summed E-state index contributed by atoms with van der Waals surface area (Å²) >= 11 is 0. The number of carbonyl (C=O) groups excluding carboxylic acids is 1. The van der Waals surface area contributed by atoms with Gasteiger partial charge in [0.05, 0.1) is 11.2 Å². The van der Waals surface area contributed by atoms with E-state index in [-0.39, 0.29) is 23.4 Å². The molecule has 0 radical (unpaired) electrons. The highest BCUT2D eigenvalue weighted by atomic mass is 19.1. The molecule has 124 valence electrons. The summed E-state index contributed by atoms with van der Waals surface area (Å²) in [5.41, 5.74) is -0.692. The molecule has 5 nitrogen and oxygen atoms in total. The third-order valence-electron chi connectivity index (χ3n) is 3.22. The second-order valence-corrected chi connectivity index (χ2v) is 6.16. The smallest absolute Gasteiger partial charge is 0.257 e. The third kappa shape index (κ3) is 3.92. The zero-order valence-electron chi connectivity index (χ0n) is 13.5. The van der Waals surface area contributed by atoms with Crippen LogP contribution in [0.1, 0.15) is 24.2 Å². The molecule has 1 aromatic carbocycles. The molecule has 0 saturated heterocycles. The molecule has 0 aliphatic rings. The standard InChI is InChI=1S/C16H19F2N3O2/c1-16(2,23)9-20(3)15(22)12-8-21(4)19-14(12)11-6-5-10(17)7-13(11)18/h5-8,23H,9H2,1-4H3. The minimum atomic E-state index is -1.06. The number of carbonyl (C=O) groups is 1. The predicted molar refractivity (Wildman–Crippen MR) is 81.8 cm³/mol. The van der Waals surface area contributed by atoms with Crippen LogP contribution >= 0.6 is 0 Å². The van der Waals surface area contributed by atoms with Gasteiger partial charge in [0, 0.05) is 38.5 Å². The SMILES string of the molecule is CN(CC(C)(C)O)C(=O)c1cn(C)nc1-c1ccc(F)cc1F. The first-order chi connectivity index (χ1) is 10.6. The van der Waals surface area contributed by atoms with E-state index in [1.54, 1.807) is 20.9 Å². The normalized spacial score (nSPS) is 11.6. The first-order valence-electron chi connectivity index (χ1n) is 7.05. The number of aliphatic hydroxyl groups is 1. The zero-order chi connectivity index (χ0) is 17.4. The lowest BCUT2D eigenvalue weighted by Gasteiger charge is -2.25. The minimum absolute atomic E-state index is 0.0482. The second kappa shape index (κ2) is 6.08. The van der Waals surface area contributed by atoms with Gasteiger partial charge in [-0.3, -0.25) is 9.48 Å². The summed E-state index contributed by atoms with van der Waals surface area (Å²) in [4.78, 5) is 13.9. The number of hydrogen-bond acceptors (Lipinski definition) is 3. The van der Waals surface area contributed by atoms with Crippen molar-refractivity contribution in [2.45, 2.75) is 19.4 Å². The Balaban J connectivity index is 2.43. The summed E-state index contributed by atoms with van der Waals surface area (Å²) in [6, 6.07) is 3.11. The highest BCUT2D eigenvalue weighted by molar-refractivity contribution is 5.99. The van der Waals surface area contributed by atoms with Gasteiger partial charge in [-0.05, 0) is 26.0 Å². The van der Waals surface area contributed by atoms with Crippen LogP contribution in [0.25, 0.3) is 11.3 Å². The summed E-state index contributed by atoms with van der Waals surface area (Å²) in [5, 5.41) is 13.9. The van der Waals surface area contributed by atoms with Crippen molar-refractivity contribution in [1.82, 2.24) is 14.7 Å². The minimum Gasteiger partial charge on any atom is -0.389 e. The molecule has 0 unspecified atom stereocenters. The van der Waals surface area contributed by atoms with Crippen LogP contribution in [0.15, 0.2) is 24.4 Å². The lowest BCUT2D eigenvalue weighted by atomic mass is 10.1. The summed E-state index contributed by atoms with van der Waals surface area (Å²) in [6.07, 6.45) is 1.47. The summed E-state index contributed by atoms with van der Waals surface area (Å²) in [5.74, 6) is -1.89. The van der Waals surface area contributed by atoms with E-state index >= 15 is 0 Å². The highest BCUT2D eigenvalue weighted by Crippen LogP contribution is 2.26. The van der Waals surface area contributed by atoms with Crippen LogP contribution in [0.2, 0.25) is 0 Å². The molecular formula is C16H19F2N3O2. The Hall–Kier alpha value is -2.28. The Morgan fingerprint density at radius 3 is 2.61 bits per heavy atom.